The van der Waals surface area contributed by atoms with E-state index in [2.05, 4.69) is 26.2 Å². The van der Waals surface area contributed by atoms with Crippen molar-refractivity contribution in [2.24, 2.45) is 0 Å². The number of rotatable bonds is 4. The number of nitrogens with zero attached hydrogens (tertiary/aromatic N) is 2. The molecule has 7 heteroatoms. The number of aromatic nitrogens is 1. The highest BCUT2D eigenvalue weighted by Crippen LogP contribution is 2.20. The number of hydrogen-bond donors (Lipinski definition) is 1. The Hall–Kier alpha value is -2.02. The summed E-state index contributed by atoms with van der Waals surface area (Å²) in [6.07, 6.45) is 0. The van der Waals surface area contributed by atoms with Crippen LogP contribution in [0.15, 0.2) is 34.8 Å². The van der Waals surface area contributed by atoms with Crippen molar-refractivity contribution in [3.63, 3.8) is 0 Å². The van der Waals surface area contributed by atoms with Crippen LogP contribution in [0.25, 0.3) is 0 Å². The fourth-order valence-electron chi connectivity index (χ4n) is 1.71. The fraction of sp³-hybridized carbons (Fsp3) is 0.154. The average Bonchev–Trinajstić information content (AvgIpc) is 2.39. The maximum absolute atomic E-state index is 13.6. The first-order valence-electron chi connectivity index (χ1n) is 5.77. The lowest BCUT2D eigenvalue weighted by atomic mass is 10.2. The summed E-state index contributed by atoms with van der Waals surface area (Å²) in [7, 11) is 0. The molecule has 0 atom stereocenters. The van der Waals surface area contributed by atoms with Gasteiger partial charge in [0.05, 0.1) is 4.92 Å². The minimum Gasteiger partial charge on any atom is -0.366 e. The van der Waals surface area contributed by atoms with Gasteiger partial charge in [-0.2, -0.15) is 0 Å². The lowest BCUT2D eigenvalue weighted by molar-refractivity contribution is -0.385. The van der Waals surface area contributed by atoms with Crippen LogP contribution in [0, 0.1) is 22.9 Å². The largest absolute Gasteiger partial charge is 0.366 e. The molecule has 0 aliphatic rings. The summed E-state index contributed by atoms with van der Waals surface area (Å²) in [5.41, 5.74) is 0.760. The Morgan fingerprint density at radius 3 is 2.80 bits per heavy atom. The second-order valence-electron chi connectivity index (χ2n) is 4.15. The molecule has 1 aromatic carbocycles. The number of anilines is 1. The van der Waals surface area contributed by atoms with E-state index in [-0.39, 0.29) is 18.0 Å². The summed E-state index contributed by atoms with van der Waals surface area (Å²) in [5, 5.41) is 13.6. The first-order valence-corrected chi connectivity index (χ1v) is 6.56. The first kappa shape index (κ1) is 14.4. The van der Waals surface area contributed by atoms with E-state index >= 15 is 0 Å². The number of benzene rings is 1. The zero-order valence-electron chi connectivity index (χ0n) is 10.6. The molecule has 0 radical (unpaired) electrons. The van der Waals surface area contributed by atoms with Crippen LogP contribution in [0.1, 0.15) is 11.3 Å². The summed E-state index contributed by atoms with van der Waals surface area (Å²) < 4.78 is 14.3. The Kier molecular flexibility index (Phi) is 4.29. The molecule has 0 fully saturated rings. The summed E-state index contributed by atoms with van der Waals surface area (Å²) in [6.45, 7) is 1.80. The molecule has 2 aromatic rings. The van der Waals surface area contributed by atoms with Crippen LogP contribution in [-0.2, 0) is 6.54 Å². The van der Waals surface area contributed by atoms with Crippen molar-refractivity contribution in [2.45, 2.75) is 13.5 Å². The van der Waals surface area contributed by atoms with Crippen LogP contribution in [0.2, 0.25) is 0 Å². The Morgan fingerprint density at radius 2 is 2.15 bits per heavy atom. The average molecular weight is 340 g/mol. The molecule has 0 spiro atoms. The second-order valence-corrected chi connectivity index (χ2v) is 5.06. The molecule has 0 unspecified atom stereocenters. The van der Waals surface area contributed by atoms with Crippen molar-refractivity contribution in [3.05, 3.63) is 62.0 Å². The predicted molar refractivity (Wildman–Crippen MR) is 77.1 cm³/mol. The molecular weight excluding hydrogens is 329 g/mol. The topological polar surface area (TPSA) is 68.1 Å². The van der Waals surface area contributed by atoms with Gasteiger partial charge in [-0.3, -0.25) is 10.1 Å². The minimum absolute atomic E-state index is 0.0378. The van der Waals surface area contributed by atoms with Crippen molar-refractivity contribution in [1.82, 2.24) is 4.98 Å². The van der Waals surface area contributed by atoms with Crippen molar-refractivity contribution in [3.8, 4) is 0 Å². The number of halogens is 2. The maximum atomic E-state index is 13.6. The van der Waals surface area contributed by atoms with E-state index in [0.29, 0.717) is 17.1 Å². The van der Waals surface area contributed by atoms with E-state index in [0.717, 1.165) is 4.47 Å². The molecular formula is C13H11BrFN3O2. The normalized spacial score (nSPS) is 10.3. The lowest BCUT2D eigenvalue weighted by Gasteiger charge is -2.08. The Bertz CT molecular complexity index is 664. The van der Waals surface area contributed by atoms with Crippen LogP contribution in [0.4, 0.5) is 15.9 Å². The molecule has 104 valence electrons. The summed E-state index contributed by atoms with van der Waals surface area (Å²) >= 11 is 3.27. The van der Waals surface area contributed by atoms with Crippen LogP contribution >= 0.6 is 15.9 Å². The molecule has 2 rings (SSSR count). The van der Waals surface area contributed by atoms with Gasteiger partial charge in [0.1, 0.15) is 17.3 Å². The van der Waals surface area contributed by atoms with Gasteiger partial charge in [-0.1, -0.05) is 15.9 Å². The molecule has 0 amide bonds. The second kappa shape index (κ2) is 5.96. The predicted octanol–water partition coefficient (Wildman–Crippen LogP) is 3.81. The van der Waals surface area contributed by atoms with E-state index < -0.39 is 4.92 Å². The fourth-order valence-corrected chi connectivity index (χ4v) is 2.12. The highest BCUT2D eigenvalue weighted by molar-refractivity contribution is 9.10. The van der Waals surface area contributed by atoms with E-state index in [4.69, 9.17) is 0 Å². The number of nitro groups is 1. The zero-order chi connectivity index (χ0) is 14.7. The van der Waals surface area contributed by atoms with Crippen molar-refractivity contribution in [2.75, 3.05) is 5.32 Å². The quantitative estimate of drug-likeness (QED) is 0.679. The van der Waals surface area contributed by atoms with Gasteiger partial charge < -0.3 is 5.32 Å². The van der Waals surface area contributed by atoms with E-state index in [1.54, 1.807) is 19.1 Å². The Morgan fingerprint density at radius 1 is 1.40 bits per heavy atom. The molecule has 20 heavy (non-hydrogen) atoms. The smallest absolute Gasteiger partial charge is 0.290 e. The first-order chi connectivity index (χ1) is 9.47. The third-order valence-corrected chi connectivity index (χ3v) is 3.22. The van der Waals surface area contributed by atoms with Gasteiger partial charge in [0.15, 0.2) is 0 Å². The van der Waals surface area contributed by atoms with Gasteiger partial charge >= 0.3 is 0 Å². The van der Waals surface area contributed by atoms with Gasteiger partial charge in [-0.05, 0) is 31.2 Å². The molecule has 1 aromatic heterocycles. The van der Waals surface area contributed by atoms with Crippen LogP contribution in [0.3, 0.4) is 0 Å². The molecule has 0 aliphatic carbocycles. The van der Waals surface area contributed by atoms with E-state index in [1.807, 2.05) is 0 Å². The third kappa shape index (κ3) is 3.30. The summed E-state index contributed by atoms with van der Waals surface area (Å²) in [5.74, 6) is 0.145. The van der Waals surface area contributed by atoms with Crippen molar-refractivity contribution < 1.29 is 9.31 Å². The molecule has 1 heterocycles. The SMILES string of the molecule is Cc1nc(NCc2cc(Br)ccc2F)ccc1[N+](=O)[O-]. The molecule has 0 bridgehead atoms. The number of aryl methyl sites for hydroxylation is 1. The lowest BCUT2D eigenvalue weighted by Crippen LogP contribution is -2.05. The van der Waals surface area contributed by atoms with Gasteiger partial charge in [0.25, 0.3) is 5.69 Å². The Balaban J connectivity index is 2.13. The van der Waals surface area contributed by atoms with Crippen LogP contribution in [-0.4, -0.2) is 9.91 Å². The molecule has 5 nitrogen and oxygen atoms in total. The summed E-state index contributed by atoms with van der Waals surface area (Å²) in [4.78, 5) is 14.3. The highest BCUT2D eigenvalue weighted by atomic mass is 79.9. The number of hydrogen-bond acceptors (Lipinski definition) is 4. The van der Waals surface area contributed by atoms with Gasteiger partial charge in [-0.15, -0.1) is 0 Å². The third-order valence-electron chi connectivity index (χ3n) is 2.72. The van der Waals surface area contributed by atoms with E-state index in [9.17, 15) is 14.5 Å². The molecule has 0 saturated heterocycles. The van der Waals surface area contributed by atoms with Crippen LogP contribution < -0.4 is 5.32 Å². The van der Waals surface area contributed by atoms with Crippen molar-refractivity contribution in [1.29, 1.82) is 0 Å². The minimum atomic E-state index is -0.486. The number of pyridine rings is 1. The zero-order valence-corrected chi connectivity index (χ0v) is 12.1. The van der Waals surface area contributed by atoms with Gasteiger partial charge in [0.2, 0.25) is 0 Å². The molecule has 1 N–H and O–H groups in total. The Labute approximate surface area is 123 Å². The monoisotopic (exact) mass is 339 g/mol. The number of nitrogens with one attached hydrogen (secondary N) is 1. The maximum Gasteiger partial charge on any atom is 0.290 e. The molecule has 0 aliphatic heterocycles. The standard InChI is InChI=1S/C13H11BrFN3O2/c1-8-12(18(19)20)4-5-13(17-8)16-7-9-6-10(14)2-3-11(9)15/h2-6H,7H2,1H3,(H,16,17). The van der Waals surface area contributed by atoms with E-state index in [1.165, 1.54) is 18.2 Å². The summed E-state index contributed by atoms with van der Waals surface area (Å²) in [6, 6.07) is 7.53. The molecule has 0 saturated carbocycles. The van der Waals surface area contributed by atoms with Gasteiger partial charge in [-0.25, -0.2) is 9.37 Å². The van der Waals surface area contributed by atoms with Crippen molar-refractivity contribution >= 4 is 27.4 Å². The highest BCUT2D eigenvalue weighted by Gasteiger charge is 2.12. The van der Waals surface area contributed by atoms with Gasteiger partial charge in [0, 0.05) is 22.6 Å². The van der Waals surface area contributed by atoms with Crippen LogP contribution in [0.5, 0.6) is 0 Å².